The highest BCUT2D eigenvalue weighted by molar-refractivity contribution is 7.92. The summed E-state index contributed by atoms with van der Waals surface area (Å²) >= 11 is 0. The van der Waals surface area contributed by atoms with Gasteiger partial charge in [0.1, 0.15) is 0 Å². The van der Waals surface area contributed by atoms with Crippen LogP contribution in [-0.4, -0.2) is 40.0 Å². The normalized spacial score (nSPS) is 13.8. The van der Waals surface area contributed by atoms with E-state index in [2.05, 4.69) is 0 Å². The number of carbonyl (C=O) groups excluding carboxylic acids is 2. The van der Waals surface area contributed by atoms with Gasteiger partial charge in [-0.25, -0.2) is 13.2 Å². The molecule has 0 unspecified atom stereocenters. The van der Waals surface area contributed by atoms with Gasteiger partial charge < -0.3 is 9.64 Å². The molecule has 0 saturated carbocycles. The molecule has 0 N–H and O–H groups in total. The number of hydrogen-bond donors (Lipinski definition) is 0. The Hall–Kier alpha value is -3.65. The molecule has 0 aromatic heterocycles. The van der Waals surface area contributed by atoms with E-state index in [1.54, 1.807) is 35.2 Å². The number of hydrogen-bond acceptors (Lipinski definition) is 5. The number of ether oxygens (including phenoxy) is 1. The lowest BCUT2D eigenvalue weighted by Crippen LogP contribution is -2.39. The zero-order valence-corrected chi connectivity index (χ0v) is 19.2. The fourth-order valence-electron chi connectivity index (χ4n) is 3.76. The summed E-state index contributed by atoms with van der Waals surface area (Å²) in [5, 5.41) is 0. The molecule has 7 nitrogen and oxygen atoms in total. The minimum Gasteiger partial charge on any atom is -0.449 e. The van der Waals surface area contributed by atoms with Gasteiger partial charge in [0.2, 0.25) is 0 Å². The lowest BCUT2D eigenvalue weighted by atomic mass is 10.2. The van der Waals surface area contributed by atoms with Crippen LogP contribution in [0.4, 0.5) is 11.4 Å². The third-order valence-electron chi connectivity index (χ3n) is 5.65. The molecule has 1 aliphatic heterocycles. The number of anilines is 2. The third kappa shape index (κ3) is 4.47. The summed E-state index contributed by atoms with van der Waals surface area (Å²) in [5.41, 5.74) is 2.61. The summed E-state index contributed by atoms with van der Waals surface area (Å²) in [6.07, 6.45) is -0.216. The Balaban J connectivity index is 1.44. The molecule has 1 amide bonds. The maximum atomic E-state index is 12.9. The summed E-state index contributed by atoms with van der Waals surface area (Å²) in [5.74, 6) is -0.985. The SMILES string of the molecule is C[C@@H](OC(=O)c1ccc(S(=O)(=O)N(C)c2ccccc2)cc1)C(=O)N1CCc2ccccc21. The van der Waals surface area contributed by atoms with Gasteiger partial charge in [0.05, 0.1) is 16.1 Å². The highest BCUT2D eigenvalue weighted by Gasteiger charge is 2.30. The third-order valence-corrected chi connectivity index (χ3v) is 7.45. The van der Waals surface area contributed by atoms with Crippen LogP contribution in [0.15, 0.2) is 83.8 Å². The summed E-state index contributed by atoms with van der Waals surface area (Å²) in [6, 6.07) is 21.8. The van der Waals surface area contributed by atoms with Crippen LogP contribution in [0.2, 0.25) is 0 Å². The van der Waals surface area contributed by atoms with Crippen LogP contribution in [0, 0.1) is 0 Å². The molecule has 3 aromatic rings. The largest absolute Gasteiger partial charge is 0.449 e. The highest BCUT2D eigenvalue weighted by Crippen LogP contribution is 2.28. The van der Waals surface area contributed by atoms with Gasteiger partial charge in [-0.2, -0.15) is 0 Å². The molecule has 170 valence electrons. The number of benzene rings is 3. The van der Waals surface area contributed by atoms with Gasteiger partial charge >= 0.3 is 5.97 Å². The van der Waals surface area contributed by atoms with Crippen molar-refractivity contribution in [3.05, 3.63) is 90.0 Å². The predicted molar refractivity (Wildman–Crippen MR) is 126 cm³/mol. The van der Waals surface area contributed by atoms with Gasteiger partial charge in [0.25, 0.3) is 15.9 Å². The van der Waals surface area contributed by atoms with Crippen molar-refractivity contribution in [2.45, 2.75) is 24.3 Å². The molecule has 1 atom stereocenters. The van der Waals surface area contributed by atoms with E-state index >= 15 is 0 Å². The molecule has 1 aliphatic rings. The van der Waals surface area contributed by atoms with Crippen molar-refractivity contribution in [3.63, 3.8) is 0 Å². The number of esters is 1. The van der Waals surface area contributed by atoms with E-state index in [0.717, 1.165) is 17.7 Å². The quantitative estimate of drug-likeness (QED) is 0.520. The second-order valence-electron chi connectivity index (χ2n) is 7.75. The lowest BCUT2D eigenvalue weighted by molar-refractivity contribution is -0.126. The molecule has 4 rings (SSSR count). The Bertz CT molecular complexity index is 1270. The van der Waals surface area contributed by atoms with Crippen molar-refractivity contribution < 1.29 is 22.7 Å². The molecule has 0 aliphatic carbocycles. The van der Waals surface area contributed by atoms with E-state index in [0.29, 0.717) is 12.2 Å². The number of rotatable bonds is 6. The van der Waals surface area contributed by atoms with Crippen molar-refractivity contribution in [3.8, 4) is 0 Å². The fourth-order valence-corrected chi connectivity index (χ4v) is 4.96. The fraction of sp³-hybridized carbons (Fsp3) is 0.200. The van der Waals surface area contributed by atoms with E-state index in [1.165, 1.54) is 42.5 Å². The van der Waals surface area contributed by atoms with Gasteiger partial charge in [-0.05, 0) is 61.4 Å². The first-order valence-electron chi connectivity index (χ1n) is 10.5. The average molecular weight is 465 g/mol. The summed E-state index contributed by atoms with van der Waals surface area (Å²) in [6.45, 7) is 2.08. The van der Waals surface area contributed by atoms with Crippen LogP contribution in [0.1, 0.15) is 22.8 Å². The molecule has 0 bridgehead atoms. The van der Waals surface area contributed by atoms with E-state index in [4.69, 9.17) is 4.74 Å². The number of amides is 1. The Kier molecular flexibility index (Phi) is 6.20. The first kappa shape index (κ1) is 22.5. The maximum absolute atomic E-state index is 12.9. The summed E-state index contributed by atoms with van der Waals surface area (Å²) < 4.78 is 32.3. The Morgan fingerprint density at radius 3 is 2.27 bits per heavy atom. The van der Waals surface area contributed by atoms with Crippen LogP contribution in [-0.2, 0) is 26.0 Å². The van der Waals surface area contributed by atoms with Crippen molar-refractivity contribution in [1.29, 1.82) is 0 Å². The topological polar surface area (TPSA) is 84.0 Å². The van der Waals surface area contributed by atoms with Gasteiger partial charge in [-0.15, -0.1) is 0 Å². The van der Waals surface area contributed by atoms with Crippen molar-refractivity contribution in [2.24, 2.45) is 0 Å². The van der Waals surface area contributed by atoms with E-state index in [1.807, 2.05) is 24.3 Å². The molecule has 1 heterocycles. The Morgan fingerprint density at radius 1 is 0.939 bits per heavy atom. The summed E-state index contributed by atoms with van der Waals surface area (Å²) in [4.78, 5) is 27.1. The molecular formula is C25H24N2O5S. The lowest BCUT2D eigenvalue weighted by Gasteiger charge is -2.22. The van der Waals surface area contributed by atoms with Crippen molar-refractivity contribution in [2.75, 3.05) is 22.8 Å². The zero-order valence-electron chi connectivity index (χ0n) is 18.3. The second-order valence-corrected chi connectivity index (χ2v) is 9.72. The zero-order chi connectivity index (χ0) is 23.6. The average Bonchev–Trinajstić information content (AvgIpc) is 3.27. The highest BCUT2D eigenvalue weighted by atomic mass is 32.2. The van der Waals surface area contributed by atoms with Crippen molar-refractivity contribution in [1.82, 2.24) is 0 Å². The number of nitrogens with zero attached hydrogens (tertiary/aromatic N) is 2. The van der Waals surface area contributed by atoms with Crippen molar-refractivity contribution >= 4 is 33.3 Å². The van der Waals surface area contributed by atoms with Gasteiger partial charge in [-0.1, -0.05) is 36.4 Å². The van der Waals surface area contributed by atoms with Gasteiger partial charge in [0.15, 0.2) is 6.10 Å². The number of sulfonamides is 1. The first-order chi connectivity index (χ1) is 15.8. The molecule has 8 heteroatoms. The van der Waals surface area contributed by atoms with E-state index < -0.39 is 22.1 Å². The van der Waals surface area contributed by atoms with Crippen LogP contribution < -0.4 is 9.21 Å². The standard InChI is InChI=1S/C25H24N2O5S/c1-18(24(28)27-17-16-19-8-6-7-11-23(19)27)32-25(29)20-12-14-22(15-13-20)33(30,31)26(2)21-9-4-3-5-10-21/h3-15,18H,16-17H2,1-2H3/t18-/m1/s1. The molecule has 0 spiro atoms. The molecule has 0 fully saturated rings. The minimum absolute atomic E-state index is 0.0446. The molecule has 0 radical (unpaired) electrons. The molecule has 33 heavy (non-hydrogen) atoms. The first-order valence-corrected chi connectivity index (χ1v) is 12.0. The molecule has 0 saturated heterocycles. The Labute approximate surface area is 193 Å². The monoisotopic (exact) mass is 464 g/mol. The smallest absolute Gasteiger partial charge is 0.338 e. The van der Waals surface area contributed by atoms with Crippen LogP contribution in [0.25, 0.3) is 0 Å². The number of carbonyl (C=O) groups is 2. The van der Waals surface area contributed by atoms with Crippen LogP contribution in [0.5, 0.6) is 0 Å². The molecular weight excluding hydrogens is 440 g/mol. The van der Waals surface area contributed by atoms with Gasteiger partial charge in [0, 0.05) is 19.3 Å². The van der Waals surface area contributed by atoms with E-state index in [-0.39, 0.29) is 16.4 Å². The minimum atomic E-state index is -3.79. The maximum Gasteiger partial charge on any atom is 0.338 e. The van der Waals surface area contributed by atoms with E-state index in [9.17, 15) is 18.0 Å². The summed E-state index contributed by atoms with van der Waals surface area (Å²) in [7, 11) is -2.32. The number of fused-ring (bicyclic) bond motifs is 1. The Morgan fingerprint density at radius 2 is 1.58 bits per heavy atom. The predicted octanol–water partition coefficient (Wildman–Crippen LogP) is 3.65. The van der Waals surface area contributed by atoms with Crippen LogP contribution >= 0.6 is 0 Å². The number of para-hydroxylation sites is 2. The van der Waals surface area contributed by atoms with Gasteiger partial charge in [-0.3, -0.25) is 9.10 Å². The molecule has 3 aromatic carbocycles. The second kappa shape index (κ2) is 9.07. The van der Waals surface area contributed by atoms with Crippen LogP contribution in [0.3, 0.4) is 0 Å².